The number of nitrogens with zero attached hydrogens (tertiary/aromatic N) is 5. The Kier molecular flexibility index (Phi) is 6.39. The summed E-state index contributed by atoms with van der Waals surface area (Å²) in [5, 5.41) is 7.24. The van der Waals surface area contributed by atoms with Crippen LogP contribution < -0.4 is 25.1 Å². The number of anilines is 2. The first-order valence-electron chi connectivity index (χ1n) is 11.9. The summed E-state index contributed by atoms with van der Waals surface area (Å²) in [6, 6.07) is 14.9. The molecule has 0 aliphatic carbocycles. The van der Waals surface area contributed by atoms with E-state index in [0.717, 1.165) is 28.1 Å². The zero-order valence-electron chi connectivity index (χ0n) is 21.4. The monoisotopic (exact) mass is 512 g/mol. The van der Waals surface area contributed by atoms with Crippen molar-refractivity contribution in [3.05, 3.63) is 109 Å². The number of allylic oxidation sites excluding steroid dienone is 1. The summed E-state index contributed by atoms with van der Waals surface area (Å²) >= 11 is 1.31. The van der Waals surface area contributed by atoms with Crippen LogP contribution in [0.2, 0.25) is 0 Å². The van der Waals surface area contributed by atoms with Crippen LogP contribution in [-0.4, -0.2) is 34.4 Å². The van der Waals surface area contributed by atoms with Gasteiger partial charge in [0.2, 0.25) is 0 Å². The van der Waals surface area contributed by atoms with E-state index in [9.17, 15) is 9.59 Å². The Morgan fingerprint density at radius 2 is 1.84 bits per heavy atom. The fourth-order valence-corrected chi connectivity index (χ4v) is 5.50. The van der Waals surface area contributed by atoms with Crippen LogP contribution in [0.5, 0.6) is 0 Å². The number of para-hydroxylation sites is 1. The van der Waals surface area contributed by atoms with E-state index < -0.39 is 6.04 Å². The van der Waals surface area contributed by atoms with Crippen LogP contribution in [0.15, 0.2) is 82.0 Å². The largest absolute Gasteiger partial charge is 0.378 e. The molecule has 0 saturated heterocycles. The maximum atomic E-state index is 13.8. The van der Waals surface area contributed by atoms with Crippen molar-refractivity contribution in [1.82, 2.24) is 14.3 Å². The second-order valence-electron chi connectivity index (χ2n) is 9.28. The fourth-order valence-electron chi connectivity index (χ4n) is 4.45. The van der Waals surface area contributed by atoms with Crippen LogP contribution in [0.3, 0.4) is 0 Å². The summed E-state index contributed by atoms with van der Waals surface area (Å²) in [5.41, 5.74) is 5.21. The van der Waals surface area contributed by atoms with E-state index in [0.29, 0.717) is 20.6 Å². The summed E-state index contributed by atoms with van der Waals surface area (Å²) < 4.78 is 3.86. The molecule has 0 fully saturated rings. The molecule has 4 aromatic rings. The maximum Gasteiger partial charge on any atom is 0.271 e. The number of hydrogen-bond donors (Lipinski definition) is 1. The van der Waals surface area contributed by atoms with Gasteiger partial charge in [-0.05, 0) is 49.2 Å². The average molecular weight is 513 g/mol. The van der Waals surface area contributed by atoms with Gasteiger partial charge in [0.25, 0.3) is 11.5 Å². The number of aromatic nitrogens is 3. The Labute approximate surface area is 218 Å². The lowest BCUT2D eigenvalue weighted by Gasteiger charge is -2.26. The summed E-state index contributed by atoms with van der Waals surface area (Å²) in [6.07, 6.45) is 5.37. The third-order valence-electron chi connectivity index (χ3n) is 6.41. The Balaban J connectivity index is 1.67. The lowest BCUT2D eigenvalue weighted by molar-refractivity contribution is -0.113. The lowest BCUT2D eigenvalue weighted by Crippen LogP contribution is -2.40. The molecule has 0 bridgehead atoms. The SMILES string of the molecule is CC1=C(C(=O)Nc2ccccc2C)[C@H](c2ccc(N(C)C)cc2)n2c(s/c(=C/c3cnn(C)c3)c2=O)=N1. The summed E-state index contributed by atoms with van der Waals surface area (Å²) in [4.78, 5) is 34.8. The van der Waals surface area contributed by atoms with Crippen molar-refractivity contribution in [2.45, 2.75) is 19.9 Å². The van der Waals surface area contributed by atoms with Gasteiger partial charge in [0.05, 0.1) is 28.0 Å². The number of amides is 1. The van der Waals surface area contributed by atoms with E-state index >= 15 is 0 Å². The van der Waals surface area contributed by atoms with Crippen molar-refractivity contribution in [3.8, 4) is 0 Å². The number of carbonyl (C=O) groups is 1. The molecule has 9 heteroatoms. The summed E-state index contributed by atoms with van der Waals surface area (Å²) in [5.74, 6) is -0.279. The van der Waals surface area contributed by atoms with Crippen LogP contribution >= 0.6 is 11.3 Å². The molecular weight excluding hydrogens is 484 g/mol. The number of rotatable bonds is 5. The zero-order valence-corrected chi connectivity index (χ0v) is 22.2. The zero-order chi connectivity index (χ0) is 26.3. The van der Waals surface area contributed by atoms with Gasteiger partial charge >= 0.3 is 0 Å². The fraction of sp³-hybridized carbons (Fsp3) is 0.214. The molecule has 0 saturated carbocycles. The number of benzene rings is 2. The molecule has 1 aliphatic rings. The Bertz CT molecular complexity index is 1710. The topological polar surface area (TPSA) is 84.5 Å². The molecule has 8 nitrogen and oxygen atoms in total. The molecule has 5 rings (SSSR count). The first-order chi connectivity index (χ1) is 17.7. The van der Waals surface area contributed by atoms with Crippen molar-refractivity contribution < 1.29 is 4.79 Å². The predicted octanol–water partition coefficient (Wildman–Crippen LogP) is 2.98. The maximum absolute atomic E-state index is 13.8. The van der Waals surface area contributed by atoms with Crippen molar-refractivity contribution in [2.24, 2.45) is 12.0 Å². The predicted molar refractivity (Wildman–Crippen MR) is 148 cm³/mol. The molecular formula is C28H28N6O2S. The molecule has 1 atom stereocenters. The quantitative estimate of drug-likeness (QED) is 0.446. The molecule has 0 radical (unpaired) electrons. The minimum Gasteiger partial charge on any atom is -0.378 e. The van der Waals surface area contributed by atoms with Crippen molar-refractivity contribution in [1.29, 1.82) is 0 Å². The molecule has 0 spiro atoms. The third kappa shape index (κ3) is 4.65. The van der Waals surface area contributed by atoms with Crippen LogP contribution in [0, 0.1) is 6.92 Å². The average Bonchev–Trinajstić information content (AvgIpc) is 3.41. The van der Waals surface area contributed by atoms with Crippen LogP contribution in [-0.2, 0) is 11.8 Å². The Morgan fingerprint density at radius 1 is 1.11 bits per heavy atom. The van der Waals surface area contributed by atoms with Gasteiger partial charge in [-0.15, -0.1) is 0 Å². The van der Waals surface area contributed by atoms with E-state index in [1.54, 1.807) is 15.4 Å². The number of thiazole rings is 1. The normalized spacial score (nSPS) is 15.4. The molecule has 3 heterocycles. The number of nitrogens with one attached hydrogen (secondary N) is 1. The number of carbonyl (C=O) groups excluding carboxylic acids is 1. The summed E-state index contributed by atoms with van der Waals surface area (Å²) in [7, 11) is 5.78. The van der Waals surface area contributed by atoms with Gasteiger partial charge in [-0.1, -0.05) is 41.7 Å². The van der Waals surface area contributed by atoms with Crippen molar-refractivity contribution >= 4 is 34.7 Å². The molecule has 2 aromatic heterocycles. The van der Waals surface area contributed by atoms with Crippen LogP contribution in [0.25, 0.3) is 6.08 Å². The van der Waals surface area contributed by atoms with E-state index in [4.69, 9.17) is 4.99 Å². The smallest absolute Gasteiger partial charge is 0.271 e. The van der Waals surface area contributed by atoms with E-state index in [-0.39, 0.29) is 11.5 Å². The van der Waals surface area contributed by atoms with Crippen LogP contribution in [0.4, 0.5) is 11.4 Å². The van der Waals surface area contributed by atoms with Gasteiger partial charge in [0, 0.05) is 44.3 Å². The first kappa shape index (κ1) is 24.5. The van der Waals surface area contributed by atoms with E-state index in [2.05, 4.69) is 10.4 Å². The summed E-state index contributed by atoms with van der Waals surface area (Å²) in [6.45, 7) is 3.77. The van der Waals surface area contributed by atoms with Crippen molar-refractivity contribution in [2.75, 3.05) is 24.3 Å². The minimum atomic E-state index is -0.618. The molecule has 1 aliphatic heterocycles. The number of fused-ring (bicyclic) bond motifs is 1. The highest BCUT2D eigenvalue weighted by Crippen LogP contribution is 2.32. The van der Waals surface area contributed by atoms with Gasteiger partial charge in [0.1, 0.15) is 0 Å². The molecule has 0 unspecified atom stereocenters. The number of aryl methyl sites for hydroxylation is 2. The van der Waals surface area contributed by atoms with Gasteiger partial charge < -0.3 is 10.2 Å². The first-order valence-corrected chi connectivity index (χ1v) is 12.7. The molecule has 2 aromatic carbocycles. The van der Waals surface area contributed by atoms with Gasteiger partial charge in [-0.2, -0.15) is 5.10 Å². The third-order valence-corrected chi connectivity index (χ3v) is 7.39. The molecule has 37 heavy (non-hydrogen) atoms. The highest BCUT2D eigenvalue weighted by atomic mass is 32.1. The van der Waals surface area contributed by atoms with E-state index in [1.807, 2.05) is 101 Å². The highest BCUT2D eigenvalue weighted by Gasteiger charge is 2.32. The minimum absolute atomic E-state index is 0.192. The van der Waals surface area contributed by atoms with Crippen molar-refractivity contribution in [3.63, 3.8) is 0 Å². The second-order valence-corrected chi connectivity index (χ2v) is 10.3. The molecule has 188 valence electrons. The Morgan fingerprint density at radius 3 is 2.49 bits per heavy atom. The lowest BCUT2D eigenvalue weighted by atomic mass is 9.94. The highest BCUT2D eigenvalue weighted by molar-refractivity contribution is 7.07. The Hall–Kier alpha value is -4.24. The molecule has 1 amide bonds. The van der Waals surface area contributed by atoms with E-state index in [1.165, 1.54) is 11.3 Å². The van der Waals surface area contributed by atoms with Gasteiger partial charge in [-0.25, -0.2) is 4.99 Å². The standard InChI is InChI=1S/C28H28N6O2S/c1-17-8-6-7-9-22(17)31-26(35)24-18(2)30-28-34(25(24)20-10-12-21(13-11-20)32(3)4)27(36)23(37-28)14-19-15-29-33(5)16-19/h6-16,25H,1-5H3,(H,31,35)/b23-14+/t25-/m0/s1. The van der Waals surface area contributed by atoms with Crippen LogP contribution in [0.1, 0.15) is 29.7 Å². The van der Waals surface area contributed by atoms with Gasteiger partial charge in [-0.3, -0.25) is 18.8 Å². The molecule has 1 N–H and O–H groups in total. The van der Waals surface area contributed by atoms with Gasteiger partial charge in [0.15, 0.2) is 4.80 Å². The second kappa shape index (κ2) is 9.67. The number of hydrogen-bond acceptors (Lipinski definition) is 6.